The van der Waals surface area contributed by atoms with Crippen molar-refractivity contribution < 1.29 is 14.3 Å². The highest BCUT2D eigenvalue weighted by atomic mass is 16.5. The number of carbonyl (C=O) groups is 2. The number of methoxy groups -OCH3 is 1. The first-order valence-corrected chi connectivity index (χ1v) is 10.1. The zero-order valence-corrected chi connectivity index (χ0v) is 17.4. The lowest BCUT2D eigenvalue weighted by Crippen LogP contribution is -2.48. The Hall–Kier alpha value is -3.87. The van der Waals surface area contributed by atoms with Gasteiger partial charge < -0.3 is 20.7 Å². The van der Waals surface area contributed by atoms with Crippen LogP contribution < -0.4 is 20.7 Å². The van der Waals surface area contributed by atoms with E-state index in [-0.39, 0.29) is 11.8 Å². The van der Waals surface area contributed by atoms with Crippen LogP contribution in [0.25, 0.3) is 0 Å². The maximum Gasteiger partial charge on any atom is 0.253 e. The van der Waals surface area contributed by atoms with Gasteiger partial charge in [-0.05, 0) is 42.0 Å². The first-order chi connectivity index (χ1) is 15.2. The molecule has 0 aliphatic rings. The fourth-order valence-electron chi connectivity index (χ4n) is 3.02. The zero-order valence-electron chi connectivity index (χ0n) is 17.4. The average molecular weight is 418 g/mol. The maximum atomic E-state index is 12.8. The molecule has 160 valence electrons. The molecule has 0 bridgehead atoms. The molecule has 1 heterocycles. The van der Waals surface area contributed by atoms with Crippen molar-refractivity contribution in [3.8, 4) is 5.75 Å². The first-order valence-electron chi connectivity index (χ1n) is 10.1. The van der Waals surface area contributed by atoms with Gasteiger partial charge in [0.2, 0.25) is 5.91 Å². The van der Waals surface area contributed by atoms with Crippen LogP contribution in [0.5, 0.6) is 5.75 Å². The lowest BCUT2D eigenvalue weighted by atomic mass is 10.0. The number of anilines is 1. The molecular formula is C24H26N4O3. The SMILES string of the molecule is COc1ccc(NCCNC(=O)C(Cc2ccccc2)NC(=O)c2cccnc2)cc1. The van der Waals surface area contributed by atoms with Crippen LogP contribution in [0.4, 0.5) is 5.69 Å². The second-order valence-electron chi connectivity index (χ2n) is 6.90. The Morgan fingerprint density at radius 2 is 1.74 bits per heavy atom. The molecule has 0 spiro atoms. The molecular weight excluding hydrogens is 392 g/mol. The zero-order chi connectivity index (χ0) is 21.9. The number of nitrogens with zero attached hydrogens (tertiary/aromatic N) is 1. The second kappa shape index (κ2) is 11.3. The average Bonchev–Trinajstić information content (AvgIpc) is 2.83. The van der Waals surface area contributed by atoms with Gasteiger partial charge in [-0.3, -0.25) is 14.6 Å². The van der Waals surface area contributed by atoms with Crippen LogP contribution in [0.1, 0.15) is 15.9 Å². The van der Waals surface area contributed by atoms with Gasteiger partial charge in [0.1, 0.15) is 11.8 Å². The van der Waals surface area contributed by atoms with Crippen molar-refractivity contribution in [1.82, 2.24) is 15.6 Å². The van der Waals surface area contributed by atoms with E-state index in [1.165, 1.54) is 6.20 Å². The highest BCUT2D eigenvalue weighted by Crippen LogP contribution is 2.14. The monoisotopic (exact) mass is 418 g/mol. The minimum absolute atomic E-state index is 0.238. The van der Waals surface area contributed by atoms with E-state index in [2.05, 4.69) is 20.9 Å². The molecule has 0 saturated heterocycles. The standard InChI is InChI=1S/C24H26N4O3/c1-31-21-11-9-20(10-12-21)26-14-15-27-24(30)22(16-18-6-3-2-4-7-18)28-23(29)19-8-5-13-25-17-19/h2-13,17,22,26H,14-16H2,1H3,(H,27,30)(H,28,29). The van der Waals surface area contributed by atoms with Crippen molar-refractivity contribution in [3.05, 3.63) is 90.3 Å². The Bertz CT molecular complexity index is 963. The predicted molar refractivity (Wildman–Crippen MR) is 120 cm³/mol. The van der Waals surface area contributed by atoms with Crippen LogP contribution in [-0.2, 0) is 11.2 Å². The normalized spacial score (nSPS) is 11.3. The molecule has 7 nitrogen and oxygen atoms in total. The van der Waals surface area contributed by atoms with Crippen molar-refractivity contribution >= 4 is 17.5 Å². The van der Waals surface area contributed by atoms with Gasteiger partial charge in [-0.1, -0.05) is 30.3 Å². The van der Waals surface area contributed by atoms with Gasteiger partial charge in [0.05, 0.1) is 12.7 Å². The van der Waals surface area contributed by atoms with E-state index in [0.717, 1.165) is 17.0 Å². The quantitative estimate of drug-likeness (QED) is 0.440. The van der Waals surface area contributed by atoms with Crippen molar-refractivity contribution in [2.75, 3.05) is 25.5 Å². The Morgan fingerprint density at radius 3 is 2.42 bits per heavy atom. The molecule has 1 unspecified atom stereocenters. The number of hydrogen-bond donors (Lipinski definition) is 3. The van der Waals surface area contributed by atoms with Crippen LogP contribution in [0.3, 0.4) is 0 Å². The molecule has 2 amide bonds. The Kier molecular flexibility index (Phi) is 7.99. The molecule has 7 heteroatoms. The van der Waals surface area contributed by atoms with Gasteiger partial charge in [0.25, 0.3) is 5.91 Å². The summed E-state index contributed by atoms with van der Waals surface area (Å²) >= 11 is 0. The van der Waals surface area contributed by atoms with Gasteiger partial charge in [-0.15, -0.1) is 0 Å². The van der Waals surface area contributed by atoms with E-state index >= 15 is 0 Å². The van der Waals surface area contributed by atoms with E-state index in [1.54, 1.807) is 25.4 Å². The van der Waals surface area contributed by atoms with Crippen molar-refractivity contribution in [1.29, 1.82) is 0 Å². The second-order valence-corrected chi connectivity index (χ2v) is 6.90. The van der Waals surface area contributed by atoms with E-state index in [1.807, 2.05) is 54.6 Å². The minimum Gasteiger partial charge on any atom is -0.497 e. The molecule has 3 rings (SSSR count). The number of ether oxygens (including phenoxy) is 1. The molecule has 31 heavy (non-hydrogen) atoms. The van der Waals surface area contributed by atoms with Gasteiger partial charge in [0.15, 0.2) is 0 Å². The van der Waals surface area contributed by atoms with E-state index < -0.39 is 6.04 Å². The number of pyridine rings is 1. The number of benzene rings is 2. The number of hydrogen-bond acceptors (Lipinski definition) is 5. The largest absolute Gasteiger partial charge is 0.497 e. The Morgan fingerprint density at radius 1 is 0.968 bits per heavy atom. The molecule has 3 aromatic rings. The molecule has 0 saturated carbocycles. The fourth-order valence-corrected chi connectivity index (χ4v) is 3.02. The van der Waals surface area contributed by atoms with Gasteiger partial charge >= 0.3 is 0 Å². The fraction of sp³-hybridized carbons (Fsp3) is 0.208. The third kappa shape index (κ3) is 6.85. The number of rotatable bonds is 10. The Balaban J connectivity index is 1.56. The minimum atomic E-state index is -0.698. The number of amides is 2. The van der Waals surface area contributed by atoms with Crippen LogP contribution in [0, 0.1) is 0 Å². The van der Waals surface area contributed by atoms with Crippen molar-refractivity contribution in [2.45, 2.75) is 12.5 Å². The third-order valence-corrected chi connectivity index (χ3v) is 4.67. The summed E-state index contributed by atoms with van der Waals surface area (Å²) in [6, 6.07) is 19.8. The summed E-state index contributed by atoms with van der Waals surface area (Å²) in [5.41, 5.74) is 2.31. The molecule has 0 aliphatic carbocycles. The number of nitrogens with one attached hydrogen (secondary N) is 3. The summed E-state index contributed by atoms with van der Waals surface area (Å²) in [6.45, 7) is 0.964. The highest BCUT2D eigenvalue weighted by molar-refractivity contribution is 5.97. The van der Waals surface area contributed by atoms with Crippen molar-refractivity contribution in [3.63, 3.8) is 0 Å². The molecule has 1 aromatic heterocycles. The lowest BCUT2D eigenvalue weighted by molar-refractivity contribution is -0.122. The van der Waals surface area contributed by atoms with E-state index in [9.17, 15) is 9.59 Å². The summed E-state index contributed by atoms with van der Waals surface area (Å²) < 4.78 is 5.14. The first kappa shape index (κ1) is 21.8. The van der Waals surface area contributed by atoms with Crippen LogP contribution in [0.2, 0.25) is 0 Å². The van der Waals surface area contributed by atoms with Crippen LogP contribution >= 0.6 is 0 Å². The lowest BCUT2D eigenvalue weighted by Gasteiger charge is -2.19. The van der Waals surface area contributed by atoms with Crippen LogP contribution in [0.15, 0.2) is 79.1 Å². The summed E-state index contributed by atoms with van der Waals surface area (Å²) in [4.78, 5) is 29.4. The van der Waals surface area contributed by atoms with Gasteiger partial charge in [-0.25, -0.2) is 0 Å². The van der Waals surface area contributed by atoms with Crippen molar-refractivity contribution in [2.24, 2.45) is 0 Å². The number of aromatic nitrogens is 1. The molecule has 2 aromatic carbocycles. The number of carbonyl (C=O) groups excluding carboxylic acids is 2. The molecule has 0 fully saturated rings. The summed E-state index contributed by atoms with van der Waals surface area (Å²) in [5.74, 6) is 0.213. The highest BCUT2D eigenvalue weighted by Gasteiger charge is 2.21. The summed E-state index contributed by atoms with van der Waals surface area (Å²) in [5, 5.41) is 8.96. The van der Waals surface area contributed by atoms with E-state index in [0.29, 0.717) is 25.1 Å². The molecule has 3 N–H and O–H groups in total. The summed E-state index contributed by atoms with van der Waals surface area (Å²) in [7, 11) is 1.62. The summed E-state index contributed by atoms with van der Waals surface area (Å²) in [6.07, 6.45) is 3.47. The van der Waals surface area contributed by atoms with Gasteiger partial charge in [-0.2, -0.15) is 0 Å². The topological polar surface area (TPSA) is 92.4 Å². The molecule has 1 atom stereocenters. The molecule has 0 radical (unpaired) electrons. The van der Waals surface area contributed by atoms with Gasteiger partial charge in [0, 0.05) is 37.6 Å². The molecule has 0 aliphatic heterocycles. The third-order valence-electron chi connectivity index (χ3n) is 4.67. The van der Waals surface area contributed by atoms with E-state index in [4.69, 9.17) is 4.74 Å². The smallest absolute Gasteiger partial charge is 0.253 e. The maximum absolute atomic E-state index is 12.8. The van der Waals surface area contributed by atoms with Crippen LogP contribution in [-0.4, -0.2) is 43.0 Å². The predicted octanol–water partition coefficient (Wildman–Crippen LogP) is 2.66. The Labute approximate surface area is 181 Å².